The van der Waals surface area contributed by atoms with Gasteiger partial charge in [0.05, 0.1) is 37.3 Å². The maximum Gasteiger partial charge on any atom is 0.268 e. The fraction of sp³-hybridized carbons (Fsp3) is 0.167. The number of hydrogen-bond acceptors (Lipinski definition) is 2. The Bertz CT molecular complexity index is 4870. The van der Waals surface area contributed by atoms with Crippen LogP contribution >= 0.6 is 0 Å². The largest absolute Gasteiger partial charge is 0.510 e. The summed E-state index contributed by atoms with van der Waals surface area (Å²) in [6.45, 7) is 18.4. The second-order valence-electron chi connectivity index (χ2n) is 22.6. The number of imidazole rings is 1. The van der Waals surface area contributed by atoms with Crippen molar-refractivity contribution in [2.75, 3.05) is 0 Å². The summed E-state index contributed by atoms with van der Waals surface area (Å²) >= 11 is 0. The van der Waals surface area contributed by atoms with Crippen LogP contribution in [0.3, 0.4) is 0 Å². The number of benzene rings is 9. The van der Waals surface area contributed by atoms with Crippen LogP contribution in [-0.2, 0) is 37.3 Å². The normalized spacial score (nSPS) is 14.9. The quantitative estimate of drug-likeness (QED) is 0.0592. The summed E-state index contributed by atoms with van der Waals surface area (Å²) in [5.41, 5.74) is 5.28. The second-order valence-corrected chi connectivity index (χ2v) is 26.1. The minimum absolute atomic E-state index is 0. The summed E-state index contributed by atoms with van der Waals surface area (Å²) in [6, 6.07) is 34.2. The molecule has 0 unspecified atom stereocenters. The Balaban J connectivity index is 0.00000901. The Labute approximate surface area is 502 Å². The molecule has 79 heavy (non-hydrogen) atoms. The molecule has 0 atom stereocenters. The van der Waals surface area contributed by atoms with Crippen molar-refractivity contribution in [3.05, 3.63) is 259 Å². The van der Waals surface area contributed by atoms with Crippen molar-refractivity contribution >= 4 is 61.7 Å². The van der Waals surface area contributed by atoms with Gasteiger partial charge in [-0.2, -0.15) is 18.2 Å². The Hall–Kier alpha value is -7.89. The van der Waals surface area contributed by atoms with E-state index in [1.165, 1.54) is 0 Å². The van der Waals surface area contributed by atoms with Crippen LogP contribution < -0.4 is 30.1 Å². The van der Waals surface area contributed by atoms with E-state index in [9.17, 15) is 16.4 Å². The van der Waals surface area contributed by atoms with E-state index >= 15 is 0 Å². The van der Waals surface area contributed by atoms with Gasteiger partial charge in [-0.15, -0.1) is 29.7 Å². The standard InChI is InChI=1S/C72H64N4OSi.Pt/c1-70(2,3)51-26-23-25-50(43-51)62-44-53(72(7,8)9)45-67(78(57-29-13-10-14-30-57,58-31-15-11-16-32-58)59-33-17-12-18-34-59)69(62)75-49-74(64-37-21-22-38-65(64)75)54-27-24-28-55(47-54)77-56-39-40-61-60-35-19-20-36-63(60)76(66(61)48-56)68-46-52(41-42-73-68)71(4,5)6;/h10-46H,1-9H3;/q-2;/i10D,11D,12D,13D,14D,15D,16D,17D,18D,29D,30D,31D,32D,33D,34D;. The molecule has 3 heterocycles. The predicted molar refractivity (Wildman–Crippen MR) is 325 cm³/mol. The summed E-state index contributed by atoms with van der Waals surface area (Å²) in [6.07, 6.45) is 5.43. The molecule has 0 radical (unpaired) electrons. The zero-order valence-corrected chi connectivity index (χ0v) is 48.5. The molecule has 0 bridgehead atoms. The van der Waals surface area contributed by atoms with Crippen LogP contribution in [0.25, 0.3) is 61.2 Å². The smallest absolute Gasteiger partial charge is 0.268 e. The fourth-order valence-corrected chi connectivity index (χ4v) is 14.4. The molecule has 394 valence electrons. The van der Waals surface area contributed by atoms with Crippen molar-refractivity contribution in [1.29, 1.82) is 0 Å². The van der Waals surface area contributed by atoms with Gasteiger partial charge in [0.1, 0.15) is 5.82 Å². The van der Waals surface area contributed by atoms with Gasteiger partial charge in [0.2, 0.25) is 0 Å². The van der Waals surface area contributed by atoms with Gasteiger partial charge in [-0.1, -0.05) is 237 Å². The number of aromatic nitrogens is 4. The van der Waals surface area contributed by atoms with E-state index in [-0.39, 0.29) is 37.4 Å². The van der Waals surface area contributed by atoms with Crippen molar-refractivity contribution in [3.63, 3.8) is 0 Å². The number of hydrogen-bond donors (Lipinski definition) is 0. The Kier molecular flexibility index (Phi) is 9.92. The van der Waals surface area contributed by atoms with E-state index in [4.69, 9.17) is 13.8 Å². The van der Waals surface area contributed by atoms with Gasteiger partial charge < -0.3 is 13.9 Å². The van der Waals surface area contributed by atoms with Crippen molar-refractivity contribution in [3.8, 4) is 39.8 Å². The van der Waals surface area contributed by atoms with Crippen LogP contribution in [0, 0.1) is 18.5 Å². The van der Waals surface area contributed by atoms with Gasteiger partial charge in [0, 0.05) is 44.3 Å². The fourth-order valence-electron chi connectivity index (χ4n) is 10.4. The maximum absolute atomic E-state index is 10.1. The van der Waals surface area contributed by atoms with Crippen LogP contribution in [0.15, 0.2) is 224 Å². The molecule has 9 aromatic carbocycles. The average Bonchev–Trinajstić information content (AvgIpc) is 0.698. The third-order valence-electron chi connectivity index (χ3n) is 14.4. The summed E-state index contributed by atoms with van der Waals surface area (Å²) in [4.78, 5) is 4.85. The van der Waals surface area contributed by atoms with Crippen LogP contribution in [0.1, 0.15) is 99.6 Å². The van der Waals surface area contributed by atoms with Crippen molar-refractivity contribution in [2.45, 2.75) is 78.6 Å². The Morgan fingerprint density at radius 1 is 0.532 bits per heavy atom. The molecule has 0 spiro atoms. The number of pyridine rings is 1. The molecule has 0 saturated carbocycles. The van der Waals surface area contributed by atoms with Gasteiger partial charge >= 0.3 is 0 Å². The molecular weight excluding hydrogens is 1160 g/mol. The Morgan fingerprint density at radius 2 is 1.11 bits per heavy atom. The predicted octanol–water partition coefficient (Wildman–Crippen LogP) is 14.5. The topological polar surface area (TPSA) is 35.9 Å². The molecule has 0 N–H and O–H groups in total. The number of ether oxygens (including phenoxy) is 1. The SMILES string of the molecule is [2H]c1c([2H])c([2H])c([Si](c2cc(C(C)(C)C)cc(-c3cccc(C(C)(C)C)c3)c2-[n+]2[c-]n(-c3[c-]c(Oc4[c-]c5c(cc4)c4ccccc4n5-c4cc(C(C)(C)C)ccn4)ccc3)c3ccccc32)(c2c([2H])c([2H])c([2H])c([2H])c2[2H])c2c([2H])c([2H])c([2H])c([2H])c2[2H])c([2H])c1[2H].[Pt]. The average molecular weight is 1240 g/mol. The zero-order chi connectivity index (χ0) is 67.0. The molecule has 0 fully saturated rings. The van der Waals surface area contributed by atoms with Crippen molar-refractivity contribution in [2.24, 2.45) is 0 Å². The molecule has 0 saturated heterocycles. The monoisotopic (exact) mass is 1240 g/mol. The zero-order valence-electron chi connectivity index (χ0n) is 60.2. The van der Waals surface area contributed by atoms with Crippen molar-refractivity contribution < 1.29 is 50.9 Å². The summed E-state index contributed by atoms with van der Waals surface area (Å²) < 4.78 is 156. The van der Waals surface area contributed by atoms with E-state index in [0.29, 0.717) is 44.9 Å². The van der Waals surface area contributed by atoms with E-state index in [1.807, 2.05) is 112 Å². The molecule has 12 aromatic rings. The third kappa shape index (κ3) is 9.70. The first-order chi connectivity index (χ1) is 43.8. The van der Waals surface area contributed by atoms with E-state index in [0.717, 1.165) is 38.8 Å². The molecule has 12 rings (SSSR count). The molecule has 5 nitrogen and oxygen atoms in total. The van der Waals surface area contributed by atoms with E-state index < -0.39 is 125 Å². The molecular formula is C72H64N4OPtSi-2. The summed E-state index contributed by atoms with van der Waals surface area (Å²) in [7, 11) is -5.84. The molecule has 0 aliphatic carbocycles. The van der Waals surface area contributed by atoms with Crippen LogP contribution in [0.5, 0.6) is 11.5 Å². The van der Waals surface area contributed by atoms with E-state index in [1.54, 1.807) is 39.5 Å². The summed E-state index contributed by atoms with van der Waals surface area (Å²) in [5.74, 6) is 1.39. The molecule has 3 aromatic heterocycles. The van der Waals surface area contributed by atoms with E-state index in [2.05, 4.69) is 76.7 Å². The molecule has 0 aliphatic heterocycles. The number of rotatable bonds is 10. The first-order valence-electron chi connectivity index (χ1n) is 33.4. The Morgan fingerprint density at radius 3 is 1.76 bits per heavy atom. The molecule has 0 aliphatic rings. The molecule has 0 amide bonds. The van der Waals surface area contributed by atoms with Gasteiger partial charge in [0.25, 0.3) is 6.33 Å². The molecule has 7 heteroatoms. The van der Waals surface area contributed by atoms with Gasteiger partial charge in [0.15, 0.2) is 8.07 Å². The first-order valence-corrected chi connectivity index (χ1v) is 27.9. The maximum atomic E-state index is 10.1. The van der Waals surface area contributed by atoms with Gasteiger partial charge in [-0.25, -0.2) is 4.98 Å². The van der Waals surface area contributed by atoms with Crippen LogP contribution in [-0.4, -0.2) is 22.2 Å². The van der Waals surface area contributed by atoms with Gasteiger partial charge in [-0.05, 0) is 94.1 Å². The minimum atomic E-state index is -5.84. The van der Waals surface area contributed by atoms with Crippen LogP contribution in [0.4, 0.5) is 0 Å². The van der Waals surface area contributed by atoms with Crippen LogP contribution in [0.2, 0.25) is 0 Å². The number of fused-ring (bicyclic) bond motifs is 4. The minimum Gasteiger partial charge on any atom is -0.510 e. The summed E-state index contributed by atoms with van der Waals surface area (Å²) in [5, 5.41) is 0.0640. The second kappa shape index (κ2) is 20.7. The number of nitrogens with zero attached hydrogens (tertiary/aromatic N) is 4. The van der Waals surface area contributed by atoms with Crippen molar-refractivity contribution in [1.82, 2.24) is 14.1 Å². The first kappa shape index (κ1) is 37.8. The third-order valence-corrected chi connectivity index (χ3v) is 18.6. The number of para-hydroxylation sites is 3. The van der Waals surface area contributed by atoms with Gasteiger partial charge in [-0.3, -0.25) is 4.57 Å².